The van der Waals surface area contributed by atoms with Crippen LogP contribution in [-0.2, 0) is 16.9 Å². The molecule has 6 heteroatoms. The quantitative estimate of drug-likeness (QED) is 0.592. The van der Waals surface area contributed by atoms with Gasteiger partial charge in [-0.1, -0.05) is 52.3 Å². The summed E-state index contributed by atoms with van der Waals surface area (Å²) in [6.07, 6.45) is -0.286. The predicted octanol–water partition coefficient (Wildman–Crippen LogP) is 4.52. The molecular formula is C21H16BrNO3S. The van der Waals surface area contributed by atoms with E-state index in [1.807, 2.05) is 29.6 Å². The molecule has 1 aliphatic heterocycles. The van der Waals surface area contributed by atoms with Crippen molar-refractivity contribution in [1.82, 2.24) is 0 Å². The summed E-state index contributed by atoms with van der Waals surface area (Å²) in [5, 5.41) is 13.2. The summed E-state index contributed by atoms with van der Waals surface area (Å²) in [5.41, 5.74) is -0.245. The number of hydrogen-bond acceptors (Lipinski definition) is 4. The number of ketones is 1. The number of rotatable bonds is 5. The van der Waals surface area contributed by atoms with Crippen molar-refractivity contribution < 1.29 is 14.7 Å². The van der Waals surface area contributed by atoms with Crippen LogP contribution in [0.3, 0.4) is 0 Å². The summed E-state index contributed by atoms with van der Waals surface area (Å²) in [7, 11) is 0. The van der Waals surface area contributed by atoms with E-state index in [1.165, 1.54) is 0 Å². The number of anilines is 1. The van der Waals surface area contributed by atoms with E-state index in [-0.39, 0.29) is 12.2 Å². The maximum atomic E-state index is 13.2. The summed E-state index contributed by atoms with van der Waals surface area (Å²) in [6, 6.07) is 17.9. The number of benzene rings is 2. The zero-order valence-electron chi connectivity index (χ0n) is 14.3. The number of nitrogens with zero attached hydrogens (tertiary/aromatic N) is 1. The first-order chi connectivity index (χ1) is 13.0. The maximum Gasteiger partial charge on any atom is 0.264 e. The van der Waals surface area contributed by atoms with Crippen LogP contribution in [0.15, 0.2) is 70.5 Å². The van der Waals surface area contributed by atoms with Gasteiger partial charge in [0.2, 0.25) is 0 Å². The lowest BCUT2D eigenvalue weighted by atomic mass is 9.88. The normalized spacial score (nSPS) is 18.6. The largest absolute Gasteiger partial charge is 0.375 e. The Balaban J connectivity index is 1.68. The second kappa shape index (κ2) is 7.03. The van der Waals surface area contributed by atoms with Gasteiger partial charge in [0.25, 0.3) is 5.91 Å². The minimum absolute atomic E-state index is 0.272. The molecule has 1 aliphatic rings. The standard InChI is InChI=1S/C21H16BrNO3S/c22-15-9-7-14(8-10-15)19(24)12-21(26)17-5-1-2-6-18(17)23(20(21)25)13-16-4-3-11-27-16/h1-11,26H,12-13H2. The van der Waals surface area contributed by atoms with E-state index in [0.29, 0.717) is 23.4 Å². The Bertz CT molecular complexity index is 1000. The molecule has 1 unspecified atom stereocenters. The Morgan fingerprint density at radius 1 is 1.07 bits per heavy atom. The second-order valence-corrected chi connectivity index (χ2v) is 8.40. The molecule has 1 N–H and O–H groups in total. The number of carbonyl (C=O) groups excluding carboxylic acids is 2. The number of hydrogen-bond donors (Lipinski definition) is 1. The van der Waals surface area contributed by atoms with Crippen molar-refractivity contribution >= 4 is 44.6 Å². The van der Waals surface area contributed by atoms with Gasteiger partial charge in [-0.15, -0.1) is 11.3 Å². The Kier molecular flexibility index (Phi) is 4.72. The topological polar surface area (TPSA) is 57.6 Å². The third-order valence-corrected chi connectivity index (χ3v) is 6.11. The molecule has 136 valence electrons. The van der Waals surface area contributed by atoms with Crippen molar-refractivity contribution in [3.05, 3.63) is 86.5 Å². The molecule has 1 atom stereocenters. The molecule has 2 heterocycles. The van der Waals surface area contributed by atoms with Gasteiger partial charge in [-0.05, 0) is 29.6 Å². The number of Topliss-reactive ketones (excluding diaryl/α,β-unsaturated/α-hetero) is 1. The molecule has 4 nitrogen and oxygen atoms in total. The van der Waals surface area contributed by atoms with Crippen LogP contribution >= 0.6 is 27.3 Å². The fourth-order valence-corrected chi connectivity index (χ4v) is 4.32. The van der Waals surface area contributed by atoms with Gasteiger partial charge in [0.1, 0.15) is 0 Å². The third kappa shape index (κ3) is 3.25. The second-order valence-electron chi connectivity index (χ2n) is 6.45. The molecule has 1 aromatic heterocycles. The van der Waals surface area contributed by atoms with Crippen LogP contribution < -0.4 is 4.90 Å². The van der Waals surface area contributed by atoms with Crippen molar-refractivity contribution in [2.45, 2.75) is 18.6 Å². The third-order valence-electron chi connectivity index (χ3n) is 4.72. The molecule has 0 aliphatic carbocycles. The fraction of sp³-hybridized carbons (Fsp3) is 0.143. The first kappa shape index (κ1) is 18.1. The molecule has 1 amide bonds. The van der Waals surface area contributed by atoms with Crippen LogP contribution in [0.2, 0.25) is 0 Å². The van der Waals surface area contributed by atoms with E-state index in [0.717, 1.165) is 9.35 Å². The van der Waals surface area contributed by atoms with E-state index in [9.17, 15) is 14.7 Å². The van der Waals surface area contributed by atoms with Crippen molar-refractivity contribution in [3.63, 3.8) is 0 Å². The van der Waals surface area contributed by atoms with Gasteiger partial charge in [0.15, 0.2) is 11.4 Å². The first-order valence-electron chi connectivity index (χ1n) is 8.44. The molecule has 0 bridgehead atoms. The first-order valence-corrected chi connectivity index (χ1v) is 10.1. The molecule has 0 saturated heterocycles. The molecule has 4 rings (SSSR count). The smallest absolute Gasteiger partial charge is 0.264 e. The van der Waals surface area contributed by atoms with Crippen LogP contribution in [-0.4, -0.2) is 16.8 Å². The summed E-state index contributed by atoms with van der Waals surface area (Å²) >= 11 is 4.89. The molecule has 0 spiro atoms. The molecule has 0 saturated carbocycles. The number of thiophene rings is 1. The Morgan fingerprint density at radius 3 is 2.52 bits per heavy atom. The number of fused-ring (bicyclic) bond motifs is 1. The van der Waals surface area contributed by atoms with Gasteiger partial charge in [0, 0.05) is 20.5 Å². The van der Waals surface area contributed by atoms with Crippen LogP contribution in [0.1, 0.15) is 27.2 Å². The highest BCUT2D eigenvalue weighted by Gasteiger charge is 2.50. The highest BCUT2D eigenvalue weighted by molar-refractivity contribution is 9.10. The zero-order chi connectivity index (χ0) is 19.0. The molecule has 2 aromatic carbocycles. The highest BCUT2D eigenvalue weighted by Crippen LogP contribution is 2.43. The van der Waals surface area contributed by atoms with E-state index in [4.69, 9.17) is 0 Å². The minimum Gasteiger partial charge on any atom is -0.375 e. The molecule has 3 aromatic rings. The predicted molar refractivity (Wildman–Crippen MR) is 109 cm³/mol. The number of halogens is 1. The van der Waals surface area contributed by atoms with Crippen molar-refractivity contribution in [2.75, 3.05) is 4.90 Å². The van der Waals surface area contributed by atoms with Crippen LogP contribution in [0.25, 0.3) is 0 Å². The average Bonchev–Trinajstić information content (AvgIpc) is 3.25. The summed E-state index contributed by atoms with van der Waals surface area (Å²) in [5.74, 6) is -0.728. The zero-order valence-corrected chi connectivity index (χ0v) is 16.7. The minimum atomic E-state index is -1.85. The lowest BCUT2D eigenvalue weighted by Crippen LogP contribution is -2.41. The van der Waals surface area contributed by atoms with Gasteiger partial charge >= 0.3 is 0 Å². The number of para-hydroxylation sites is 1. The van der Waals surface area contributed by atoms with E-state index >= 15 is 0 Å². The average molecular weight is 442 g/mol. The fourth-order valence-electron chi connectivity index (χ4n) is 3.36. The monoisotopic (exact) mass is 441 g/mol. The lowest BCUT2D eigenvalue weighted by molar-refractivity contribution is -0.136. The summed E-state index contributed by atoms with van der Waals surface area (Å²) in [4.78, 5) is 28.5. The van der Waals surface area contributed by atoms with E-state index in [2.05, 4.69) is 15.9 Å². The summed E-state index contributed by atoms with van der Waals surface area (Å²) < 4.78 is 0.863. The number of aliphatic hydroxyl groups is 1. The van der Waals surface area contributed by atoms with Crippen molar-refractivity contribution in [2.24, 2.45) is 0 Å². The maximum absolute atomic E-state index is 13.2. The van der Waals surface area contributed by atoms with Gasteiger partial charge in [-0.2, -0.15) is 0 Å². The van der Waals surface area contributed by atoms with Gasteiger partial charge < -0.3 is 10.0 Å². The Hall–Kier alpha value is -2.28. The molecule has 0 radical (unpaired) electrons. The van der Waals surface area contributed by atoms with E-state index < -0.39 is 11.5 Å². The van der Waals surface area contributed by atoms with Gasteiger partial charge in [-0.3, -0.25) is 9.59 Å². The van der Waals surface area contributed by atoms with Crippen LogP contribution in [0, 0.1) is 0 Å². The van der Waals surface area contributed by atoms with E-state index in [1.54, 1.807) is 52.6 Å². The highest BCUT2D eigenvalue weighted by atomic mass is 79.9. The number of carbonyl (C=O) groups is 2. The SMILES string of the molecule is O=C(CC1(O)C(=O)N(Cc2cccs2)c2ccccc21)c1ccc(Br)cc1. The van der Waals surface area contributed by atoms with Gasteiger partial charge in [0.05, 0.1) is 18.7 Å². The Morgan fingerprint density at radius 2 is 1.81 bits per heavy atom. The number of amides is 1. The molecule has 0 fully saturated rings. The van der Waals surface area contributed by atoms with Gasteiger partial charge in [-0.25, -0.2) is 0 Å². The lowest BCUT2D eigenvalue weighted by Gasteiger charge is -2.22. The van der Waals surface area contributed by atoms with Crippen LogP contribution in [0.4, 0.5) is 5.69 Å². The molecular weight excluding hydrogens is 426 g/mol. The molecule has 27 heavy (non-hydrogen) atoms. The summed E-state index contributed by atoms with van der Waals surface area (Å²) in [6.45, 7) is 0.377. The van der Waals surface area contributed by atoms with Crippen LogP contribution in [0.5, 0.6) is 0 Å². The van der Waals surface area contributed by atoms with Crippen molar-refractivity contribution in [1.29, 1.82) is 0 Å². The van der Waals surface area contributed by atoms with Crippen molar-refractivity contribution in [3.8, 4) is 0 Å². The Labute approximate surface area is 169 Å².